The standard InChI is InChI=1S/C55H36N2/c1-2-52-56-49-24-11-12-25-51(49)57(52)50-33-32-36(37-14-5-6-17-40(37)50)34-26-28-35(29-27-34)53-42-18-7-9-20-44(42)55(45-21-10-8-19-43(45)53)48-31-30-47-39-16-4-3-15-38(39)41-22-13-23-46(48)54(41)47/h3-33H,2H2,1H3/i1D3,2D2. The largest absolute Gasteiger partial charge is 0.296 e. The van der Waals surface area contributed by atoms with Gasteiger partial charge in [0.15, 0.2) is 0 Å². The predicted molar refractivity (Wildman–Crippen MR) is 241 cm³/mol. The highest BCUT2D eigenvalue weighted by atomic mass is 15.1. The van der Waals surface area contributed by atoms with Crippen LogP contribution in [0.5, 0.6) is 0 Å². The van der Waals surface area contributed by atoms with Gasteiger partial charge in [-0.05, 0) is 112 Å². The van der Waals surface area contributed by atoms with Gasteiger partial charge >= 0.3 is 0 Å². The van der Waals surface area contributed by atoms with Crippen LogP contribution in [-0.2, 0) is 6.37 Å². The van der Waals surface area contributed by atoms with Gasteiger partial charge in [0.2, 0.25) is 0 Å². The highest BCUT2D eigenvalue weighted by Crippen LogP contribution is 2.52. The van der Waals surface area contributed by atoms with Gasteiger partial charge in [0, 0.05) is 18.6 Å². The van der Waals surface area contributed by atoms with Crippen molar-refractivity contribution in [3.8, 4) is 61.3 Å². The second-order valence-electron chi connectivity index (χ2n) is 14.9. The van der Waals surface area contributed by atoms with Gasteiger partial charge in [-0.2, -0.15) is 0 Å². The van der Waals surface area contributed by atoms with E-state index in [4.69, 9.17) is 6.85 Å². The lowest BCUT2D eigenvalue weighted by atomic mass is 9.84. The Morgan fingerprint density at radius 2 is 0.947 bits per heavy atom. The molecule has 0 amide bonds. The van der Waals surface area contributed by atoms with Gasteiger partial charge in [0.05, 0.1) is 16.7 Å². The van der Waals surface area contributed by atoms with E-state index < -0.39 is 13.2 Å². The number of fused-ring (bicyclic) bond motifs is 7. The van der Waals surface area contributed by atoms with E-state index in [1.165, 1.54) is 71.3 Å². The summed E-state index contributed by atoms with van der Waals surface area (Å²) in [5.41, 5.74) is 13.8. The number of hydrogen-bond donors (Lipinski definition) is 0. The highest BCUT2D eigenvalue weighted by Gasteiger charge is 2.24. The number of rotatable bonds is 5. The Kier molecular flexibility index (Phi) is 5.92. The monoisotopic (exact) mass is 729 g/mol. The molecule has 0 unspecified atom stereocenters. The van der Waals surface area contributed by atoms with Crippen molar-refractivity contribution in [3.63, 3.8) is 0 Å². The van der Waals surface area contributed by atoms with Gasteiger partial charge in [0.25, 0.3) is 0 Å². The molecule has 1 heterocycles. The quantitative estimate of drug-likeness (QED) is 0.161. The maximum absolute atomic E-state index is 8.77. The van der Waals surface area contributed by atoms with E-state index in [0.29, 0.717) is 16.7 Å². The predicted octanol–water partition coefficient (Wildman–Crippen LogP) is 14.8. The van der Waals surface area contributed by atoms with Crippen molar-refractivity contribution in [2.75, 3.05) is 0 Å². The van der Waals surface area contributed by atoms with Crippen molar-refractivity contribution in [1.29, 1.82) is 0 Å². The molecular formula is C55H36N2. The Morgan fingerprint density at radius 3 is 1.67 bits per heavy atom. The lowest BCUT2D eigenvalue weighted by Crippen LogP contribution is -2.01. The molecule has 1 aromatic heterocycles. The first kappa shape index (κ1) is 27.3. The molecule has 0 radical (unpaired) electrons. The summed E-state index contributed by atoms with van der Waals surface area (Å²) in [7, 11) is 0. The zero-order chi connectivity index (χ0) is 41.9. The third kappa shape index (κ3) is 4.62. The molecule has 0 fully saturated rings. The van der Waals surface area contributed by atoms with Crippen LogP contribution < -0.4 is 0 Å². The number of benzene rings is 10. The van der Waals surface area contributed by atoms with Crippen LogP contribution in [0, 0.1) is 0 Å². The van der Waals surface area contributed by atoms with Crippen molar-refractivity contribution < 1.29 is 6.85 Å². The van der Waals surface area contributed by atoms with Gasteiger partial charge in [-0.1, -0.05) is 177 Å². The summed E-state index contributed by atoms with van der Waals surface area (Å²) in [4.78, 5) is 4.58. The van der Waals surface area contributed by atoms with Crippen LogP contribution in [0.2, 0.25) is 0 Å². The molecule has 2 heteroatoms. The molecule has 0 spiro atoms. The zero-order valence-electron chi connectivity index (χ0n) is 35.8. The average molecular weight is 730 g/mol. The fourth-order valence-electron chi connectivity index (χ4n) is 9.66. The fourth-order valence-corrected chi connectivity index (χ4v) is 9.66. The van der Waals surface area contributed by atoms with E-state index in [0.717, 1.165) is 27.5 Å². The van der Waals surface area contributed by atoms with Crippen molar-refractivity contribution in [1.82, 2.24) is 9.55 Å². The lowest BCUT2D eigenvalue weighted by Gasteiger charge is -2.19. The van der Waals surface area contributed by atoms with Crippen molar-refractivity contribution in [2.45, 2.75) is 13.2 Å². The van der Waals surface area contributed by atoms with Gasteiger partial charge in [-0.3, -0.25) is 4.57 Å². The smallest absolute Gasteiger partial charge is 0.114 e. The maximum Gasteiger partial charge on any atom is 0.114 e. The summed E-state index contributed by atoms with van der Waals surface area (Å²) in [6, 6.07) is 65.8. The first-order chi connectivity index (χ1) is 30.2. The summed E-state index contributed by atoms with van der Waals surface area (Å²) in [6.07, 6.45) is -2.70. The van der Waals surface area contributed by atoms with Crippen molar-refractivity contribution in [2.24, 2.45) is 0 Å². The molecule has 266 valence electrons. The maximum atomic E-state index is 8.77. The van der Waals surface area contributed by atoms with Crippen LogP contribution >= 0.6 is 0 Å². The molecule has 0 aliphatic heterocycles. The summed E-state index contributed by atoms with van der Waals surface area (Å²) in [5, 5.41) is 9.19. The van der Waals surface area contributed by atoms with E-state index in [9.17, 15) is 0 Å². The van der Waals surface area contributed by atoms with E-state index >= 15 is 0 Å². The second kappa shape index (κ2) is 12.4. The summed E-state index contributed by atoms with van der Waals surface area (Å²) >= 11 is 0. The number of nitrogens with zero attached hydrogens (tertiary/aromatic N) is 2. The minimum absolute atomic E-state index is 0.148. The second-order valence-corrected chi connectivity index (χ2v) is 14.9. The SMILES string of the molecule is [2H]C([2H])([2H])C([2H])([2H])c1nc2ccccc2n1-c1ccc(-c2ccc(-c3c4ccccc4c(-c4ccc5c6c(cccc46)-c4ccccc4-5)c4ccccc34)cc2)c2ccccc12. The Hall–Kier alpha value is -7.29. The third-order valence-electron chi connectivity index (χ3n) is 12.0. The Balaban J connectivity index is 1.01. The molecule has 0 saturated heterocycles. The van der Waals surface area contributed by atoms with Crippen molar-refractivity contribution in [3.05, 3.63) is 194 Å². The van der Waals surface area contributed by atoms with E-state index in [1.54, 1.807) is 10.6 Å². The number of aryl methyl sites for hydroxylation is 1. The molecule has 11 aromatic rings. The van der Waals surface area contributed by atoms with Crippen molar-refractivity contribution >= 4 is 54.1 Å². The average Bonchev–Trinajstić information content (AvgIpc) is 3.85. The van der Waals surface area contributed by atoms with Gasteiger partial charge in [-0.15, -0.1) is 0 Å². The summed E-state index contributed by atoms with van der Waals surface area (Å²) in [5.74, 6) is -0.148. The van der Waals surface area contributed by atoms with Gasteiger partial charge < -0.3 is 0 Å². The molecule has 0 atom stereocenters. The number of imidazole rings is 1. The Morgan fingerprint density at radius 1 is 0.421 bits per heavy atom. The summed E-state index contributed by atoms with van der Waals surface area (Å²) in [6.45, 7) is -2.93. The third-order valence-corrected chi connectivity index (χ3v) is 12.0. The van der Waals surface area contributed by atoms with E-state index in [-0.39, 0.29) is 5.82 Å². The summed E-state index contributed by atoms with van der Waals surface area (Å²) < 4.78 is 43.5. The number of aromatic nitrogens is 2. The lowest BCUT2D eigenvalue weighted by molar-refractivity contribution is 0.913. The minimum atomic E-state index is -2.93. The molecule has 10 aromatic carbocycles. The van der Waals surface area contributed by atoms with Crippen LogP contribution in [0.15, 0.2) is 188 Å². The topological polar surface area (TPSA) is 17.8 Å². The first-order valence-electron chi connectivity index (χ1n) is 21.9. The molecule has 0 bridgehead atoms. The fraction of sp³-hybridized carbons (Fsp3) is 0.0364. The molecule has 2 nitrogen and oxygen atoms in total. The molecule has 1 aliphatic carbocycles. The van der Waals surface area contributed by atoms with Gasteiger partial charge in [-0.25, -0.2) is 4.98 Å². The molecule has 57 heavy (non-hydrogen) atoms. The van der Waals surface area contributed by atoms with Crippen LogP contribution in [0.1, 0.15) is 19.5 Å². The normalized spacial score (nSPS) is 13.8. The van der Waals surface area contributed by atoms with Crippen LogP contribution in [0.3, 0.4) is 0 Å². The molecular weight excluding hydrogens is 689 g/mol. The van der Waals surface area contributed by atoms with Gasteiger partial charge in [0.1, 0.15) is 5.82 Å². The van der Waals surface area contributed by atoms with Crippen LogP contribution in [-0.4, -0.2) is 9.55 Å². The molecule has 0 N–H and O–H groups in total. The number of para-hydroxylation sites is 2. The minimum Gasteiger partial charge on any atom is -0.296 e. The molecule has 12 rings (SSSR count). The van der Waals surface area contributed by atoms with E-state index in [1.807, 2.05) is 48.5 Å². The van der Waals surface area contributed by atoms with E-state index in [2.05, 4.69) is 138 Å². The Labute approximate surface area is 338 Å². The molecule has 0 saturated carbocycles. The highest BCUT2D eigenvalue weighted by molar-refractivity contribution is 6.26. The number of hydrogen-bond acceptors (Lipinski definition) is 1. The Bertz CT molecular complexity index is 3570. The van der Waals surface area contributed by atoms with Crippen LogP contribution in [0.25, 0.3) is 115 Å². The molecule has 1 aliphatic rings. The zero-order valence-corrected chi connectivity index (χ0v) is 30.8. The first-order valence-corrected chi connectivity index (χ1v) is 19.4. The van der Waals surface area contributed by atoms with Crippen LogP contribution in [0.4, 0.5) is 0 Å².